The standard InChI is InChI=1S/C26H39NO/c1-6-16-26(20-25(4,5)7-2,23-14-12-21(3)13-15-23)17-18-27-19-22-10-8-9-11-24(22)28/h8-15,27-28H,6-7,16-20H2,1-5H3. The Hall–Kier alpha value is -1.80. The molecule has 1 atom stereocenters. The van der Waals surface area contributed by atoms with Crippen molar-refractivity contribution in [1.29, 1.82) is 0 Å². The molecule has 2 rings (SSSR count). The fourth-order valence-electron chi connectivity index (χ4n) is 4.33. The van der Waals surface area contributed by atoms with E-state index >= 15 is 0 Å². The van der Waals surface area contributed by atoms with Crippen molar-refractivity contribution in [3.8, 4) is 5.75 Å². The van der Waals surface area contributed by atoms with Crippen LogP contribution in [-0.4, -0.2) is 11.7 Å². The molecule has 0 bridgehead atoms. The van der Waals surface area contributed by atoms with Crippen LogP contribution in [0.1, 0.15) is 76.5 Å². The van der Waals surface area contributed by atoms with Crippen LogP contribution in [-0.2, 0) is 12.0 Å². The maximum Gasteiger partial charge on any atom is 0.120 e. The van der Waals surface area contributed by atoms with Gasteiger partial charge in [0.1, 0.15) is 5.75 Å². The highest BCUT2D eigenvalue weighted by molar-refractivity contribution is 5.32. The van der Waals surface area contributed by atoms with Gasteiger partial charge in [0, 0.05) is 12.1 Å². The lowest BCUT2D eigenvalue weighted by molar-refractivity contribution is 0.198. The summed E-state index contributed by atoms with van der Waals surface area (Å²) >= 11 is 0. The van der Waals surface area contributed by atoms with E-state index in [0.29, 0.717) is 17.7 Å². The van der Waals surface area contributed by atoms with E-state index in [-0.39, 0.29) is 5.41 Å². The number of phenolic OH excluding ortho intramolecular Hbond substituents is 1. The Morgan fingerprint density at radius 3 is 2.21 bits per heavy atom. The van der Waals surface area contributed by atoms with E-state index in [1.165, 1.54) is 36.8 Å². The first-order valence-electron chi connectivity index (χ1n) is 10.9. The van der Waals surface area contributed by atoms with Crippen molar-refractivity contribution in [3.63, 3.8) is 0 Å². The van der Waals surface area contributed by atoms with Gasteiger partial charge in [0.2, 0.25) is 0 Å². The Labute approximate surface area is 172 Å². The number of benzene rings is 2. The molecule has 2 heteroatoms. The molecule has 0 fully saturated rings. The monoisotopic (exact) mass is 381 g/mol. The number of phenols is 1. The van der Waals surface area contributed by atoms with E-state index in [2.05, 4.69) is 64.2 Å². The summed E-state index contributed by atoms with van der Waals surface area (Å²) in [6, 6.07) is 16.8. The van der Waals surface area contributed by atoms with E-state index in [9.17, 15) is 5.11 Å². The number of hydrogen-bond acceptors (Lipinski definition) is 2. The van der Waals surface area contributed by atoms with Gasteiger partial charge in [-0.2, -0.15) is 0 Å². The van der Waals surface area contributed by atoms with Crippen LogP contribution in [0.2, 0.25) is 0 Å². The first kappa shape index (κ1) is 22.5. The van der Waals surface area contributed by atoms with Crippen molar-refractivity contribution in [2.75, 3.05) is 6.54 Å². The first-order chi connectivity index (χ1) is 13.3. The van der Waals surface area contributed by atoms with Gasteiger partial charge in [0.25, 0.3) is 0 Å². The van der Waals surface area contributed by atoms with Crippen LogP contribution in [0, 0.1) is 12.3 Å². The largest absolute Gasteiger partial charge is 0.508 e. The zero-order valence-corrected chi connectivity index (χ0v) is 18.5. The van der Waals surface area contributed by atoms with Crippen LogP contribution in [0.25, 0.3) is 0 Å². The molecule has 0 saturated heterocycles. The molecule has 2 aromatic rings. The maximum absolute atomic E-state index is 10.0. The van der Waals surface area contributed by atoms with Crippen molar-refractivity contribution < 1.29 is 5.11 Å². The highest BCUT2D eigenvalue weighted by Gasteiger charge is 2.36. The first-order valence-corrected chi connectivity index (χ1v) is 10.9. The zero-order valence-electron chi connectivity index (χ0n) is 18.5. The van der Waals surface area contributed by atoms with E-state index in [1.807, 2.05) is 18.2 Å². The third-order valence-electron chi connectivity index (χ3n) is 6.25. The lowest BCUT2D eigenvalue weighted by Gasteiger charge is -2.41. The molecule has 154 valence electrons. The molecule has 2 nitrogen and oxygen atoms in total. The van der Waals surface area contributed by atoms with Crippen LogP contribution in [0.4, 0.5) is 0 Å². The summed E-state index contributed by atoms with van der Waals surface area (Å²) in [6.07, 6.45) is 5.90. The summed E-state index contributed by atoms with van der Waals surface area (Å²) < 4.78 is 0. The molecule has 28 heavy (non-hydrogen) atoms. The molecule has 0 aromatic heterocycles. The number of para-hydroxylation sites is 1. The maximum atomic E-state index is 10.0. The Balaban J connectivity index is 2.18. The van der Waals surface area contributed by atoms with Gasteiger partial charge in [-0.1, -0.05) is 88.6 Å². The van der Waals surface area contributed by atoms with Crippen molar-refractivity contribution >= 4 is 0 Å². The van der Waals surface area contributed by atoms with Gasteiger partial charge < -0.3 is 10.4 Å². The van der Waals surface area contributed by atoms with Gasteiger partial charge in [-0.25, -0.2) is 0 Å². The second-order valence-electron chi connectivity index (χ2n) is 9.15. The minimum atomic E-state index is 0.188. The van der Waals surface area contributed by atoms with Gasteiger partial charge >= 0.3 is 0 Å². The molecule has 0 heterocycles. The van der Waals surface area contributed by atoms with Crippen LogP contribution in [0.3, 0.4) is 0 Å². The Morgan fingerprint density at radius 1 is 0.929 bits per heavy atom. The highest BCUT2D eigenvalue weighted by atomic mass is 16.3. The van der Waals surface area contributed by atoms with Gasteiger partial charge in [-0.15, -0.1) is 0 Å². The van der Waals surface area contributed by atoms with Crippen LogP contribution in [0.15, 0.2) is 48.5 Å². The van der Waals surface area contributed by atoms with Crippen molar-refractivity contribution in [2.24, 2.45) is 5.41 Å². The fraction of sp³-hybridized carbons (Fsp3) is 0.538. The molecule has 0 aliphatic carbocycles. The second-order valence-corrected chi connectivity index (χ2v) is 9.15. The summed E-state index contributed by atoms with van der Waals surface area (Å²) in [5, 5.41) is 13.6. The number of aromatic hydroxyl groups is 1. The highest BCUT2D eigenvalue weighted by Crippen LogP contribution is 2.44. The Bertz CT molecular complexity index is 719. The second kappa shape index (κ2) is 10.1. The molecule has 0 saturated carbocycles. The van der Waals surface area contributed by atoms with Crippen LogP contribution < -0.4 is 5.32 Å². The summed E-state index contributed by atoms with van der Waals surface area (Å²) in [6.45, 7) is 13.2. The van der Waals surface area contributed by atoms with Crippen LogP contribution >= 0.6 is 0 Å². The number of nitrogens with one attached hydrogen (secondary N) is 1. The van der Waals surface area contributed by atoms with Crippen LogP contribution in [0.5, 0.6) is 5.75 Å². The summed E-state index contributed by atoms with van der Waals surface area (Å²) in [7, 11) is 0. The topological polar surface area (TPSA) is 32.3 Å². The summed E-state index contributed by atoms with van der Waals surface area (Å²) in [4.78, 5) is 0. The Morgan fingerprint density at radius 2 is 1.61 bits per heavy atom. The molecule has 0 radical (unpaired) electrons. The lowest BCUT2D eigenvalue weighted by atomic mass is 9.64. The normalized spacial score (nSPS) is 14.0. The molecule has 2 N–H and O–H groups in total. The van der Waals surface area contributed by atoms with Crippen molar-refractivity contribution in [1.82, 2.24) is 5.32 Å². The molecule has 0 aliphatic heterocycles. The van der Waals surface area contributed by atoms with E-state index in [0.717, 1.165) is 18.5 Å². The Kier molecular flexibility index (Phi) is 8.12. The molecule has 0 spiro atoms. The van der Waals surface area contributed by atoms with E-state index < -0.39 is 0 Å². The molecular formula is C26H39NO. The van der Waals surface area contributed by atoms with E-state index in [4.69, 9.17) is 0 Å². The number of rotatable bonds is 11. The number of hydrogen-bond donors (Lipinski definition) is 2. The average molecular weight is 382 g/mol. The quantitative estimate of drug-likeness (QED) is 0.422. The molecule has 1 unspecified atom stereocenters. The van der Waals surface area contributed by atoms with Crippen molar-refractivity contribution in [2.45, 2.75) is 78.7 Å². The lowest BCUT2D eigenvalue weighted by Crippen LogP contribution is -2.35. The zero-order chi connectivity index (χ0) is 20.6. The molecule has 2 aromatic carbocycles. The molecule has 0 aliphatic rings. The third-order valence-corrected chi connectivity index (χ3v) is 6.25. The predicted molar refractivity (Wildman–Crippen MR) is 121 cm³/mol. The SMILES string of the molecule is CCCC(CCNCc1ccccc1O)(CC(C)(C)CC)c1ccc(C)cc1. The fourth-order valence-corrected chi connectivity index (χ4v) is 4.33. The minimum Gasteiger partial charge on any atom is -0.508 e. The molecule has 0 amide bonds. The molecular weight excluding hydrogens is 342 g/mol. The number of aryl methyl sites for hydroxylation is 1. The van der Waals surface area contributed by atoms with Gasteiger partial charge in [0.15, 0.2) is 0 Å². The third kappa shape index (κ3) is 6.10. The predicted octanol–water partition coefficient (Wildman–Crippen LogP) is 6.74. The van der Waals surface area contributed by atoms with Crippen molar-refractivity contribution in [3.05, 3.63) is 65.2 Å². The summed E-state index contributed by atoms with van der Waals surface area (Å²) in [5.41, 5.74) is 4.27. The van der Waals surface area contributed by atoms with E-state index in [1.54, 1.807) is 6.07 Å². The van der Waals surface area contributed by atoms with Gasteiger partial charge in [-0.05, 0) is 55.2 Å². The average Bonchev–Trinajstić information content (AvgIpc) is 2.67. The minimum absolute atomic E-state index is 0.188. The summed E-state index contributed by atoms with van der Waals surface area (Å²) in [5.74, 6) is 0.375. The smallest absolute Gasteiger partial charge is 0.120 e. The van der Waals surface area contributed by atoms with Gasteiger partial charge in [-0.3, -0.25) is 0 Å². The van der Waals surface area contributed by atoms with Gasteiger partial charge in [0.05, 0.1) is 0 Å².